The number of aromatic nitrogens is 1. The summed E-state index contributed by atoms with van der Waals surface area (Å²) >= 11 is 0. The quantitative estimate of drug-likeness (QED) is 0.891. The van der Waals surface area contributed by atoms with E-state index >= 15 is 0 Å². The summed E-state index contributed by atoms with van der Waals surface area (Å²) in [6, 6.07) is 8.09. The van der Waals surface area contributed by atoms with E-state index in [0.29, 0.717) is 0 Å². The molecule has 3 rings (SSSR count). The maximum Gasteiger partial charge on any atom is 0.133 e. The first-order valence-electron chi connectivity index (χ1n) is 6.54. The number of ether oxygens (including phenoxy) is 1. The molecule has 1 heterocycles. The van der Waals surface area contributed by atoms with Crippen LogP contribution in [0.4, 0.5) is 5.82 Å². The number of nitrogens with zero attached hydrogens (tertiary/aromatic N) is 1. The van der Waals surface area contributed by atoms with E-state index in [-0.39, 0.29) is 0 Å². The van der Waals surface area contributed by atoms with Crippen LogP contribution in [0, 0.1) is 5.92 Å². The van der Waals surface area contributed by atoms with Crippen molar-refractivity contribution in [1.29, 1.82) is 0 Å². The zero-order valence-corrected chi connectivity index (χ0v) is 10.6. The van der Waals surface area contributed by atoms with Gasteiger partial charge in [-0.2, -0.15) is 0 Å². The number of hydrogen-bond acceptors (Lipinski definition) is 3. The van der Waals surface area contributed by atoms with Crippen molar-refractivity contribution < 1.29 is 4.74 Å². The third-order valence-electron chi connectivity index (χ3n) is 3.77. The molecule has 18 heavy (non-hydrogen) atoms. The maximum absolute atomic E-state index is 5.38. The number of fused-ring (bicyclic) bond motifs is 1. The molecule has 1 aromatic heterocycles. The monoisotopic (exact) mass is 242 g/mol. The lowest BCUT2D eigenvalue weighted by Gasteiger charge is -2.25. The lowest BCUT2D eigenvalue weighted by atomic mass is 9.85. The Kier molecular flexibility index (Phi) is 3.05. The van der Waals surface area contributed by atoms with Crippen molar-refractivity contribution in [1.82, 2.24) is 4.98 Å². The van der Waals surface area contributed by atoms with Gasteiger partial charge in [-0.05, 0) is 30.9 Å². The lowest BCUT2D eigenvalue weighted by molar-refractivity contribution is 0.333. The molecule has 0 aliphatic heterocycles. The highest BCUT2D eigenvalue weighted by molar-refractivity contribution is 5.95. The molecule has 94 valence electrons. The van der Waals surface area contributed by atoms with Crippen molar-refractivity contribution in [3.05, 3.63) is 30.5 Å². The van der Waals surface area contributed by atoms with E-state index in [1.54, 1.807) is 7.11 Å². The van der Waals surface area contributed by atoms with Gasteiger partial charge >= 0.3 is 0 Å². The van der Waals surface area contributed by atoms with E-state index in [0.717, 1.165) is 34.8 Å². The third kappa shape index (κ3) is 2.01. The van der Waals surface area contributed by atoms with Gasteiger partial charge < -0.3 is 10.1 Å². The summed E-state index contributed by atoms with van der Waals surface area (Å²) in [5.74, 6) is 2.70. The van der Waals surface area contributed by atoms with Crippen LogP contribution < -0.4 is 10.1 Å². The molecule has 1 aromatic carbocycles. The molecule has 1 fully saturated rings. The molecule has 1 aliphatic carbocycles. The van der Waals surface area contributed by atoms with Gasteiger partial charge in [-0.3, -0.25) is 0 Å². The molecule has 0 radical (unpaired) electrons. The number of anilines is 1. The van der Waals surface area contributed by atoms with E-state index in [9.17, 15) is 0 Å². The van der Waals surface area contributed by atoms with Gasteiger partial charge in [0.2, 0.25) is 0 Å². The summed E-state index contributed by atoms with van der Waals surface area (Å²) < 4.78 is 5.38. The summed E-state index contributed by atoms with van der Waals surface area (Å²) in [5, 5.41) is 5.73. The van der Waals surface area contributed by atoms with Crippen LogP contribution >= 0.6 is 0 Å². The molecule has 0 amide bonds. The maximum atomic E-state index is 5.38. The molecule has 0 atom stereocenters. The average Bonchev–Trinajstić information content (AvgIpc) is 2.36. The number of pyridine rings is 1. The molecule has 3 nitrogen and oxygen atoms in total. The van der Waals surface area contributed by atoms with Gasteiger partial charge in [-0.25, -0.2) is 4.98 Å². The zero-order valence-electron chi connectivity index (χ0n) is 10.6. The molecule has 2 aromatic rings. The molecule has 1 aliphatic rings. The van der Waals surface area contributed by atoms with Gasteiger partial charge in [0.1, 0.15) is 11.6 Å². The molecular formula is C15H18N2O. The second-order valence-electron chi connectivity index (χ2n) is 4.89. The minimum atomic E-state index is 0.827. The van der Waals surface area contributed by atoms with Crippen LogP contribution in [0.2, 0.25) is 0 Å². The molecule has 0 bridgehead atoms. The summed E-state index contributed by atoms with van der Waals surface area (Å²) in [6.45, 7) is 1.03. The normalized spacial score (nSPS) is 15.4. The number of benzene rings is 1. The summed E-state index contributed by atoms with van der Waals surface area (Å²) in [5.41, 5.74) is 0. The molecule has 0 saturated heterocycles. The Hall–Kier alpha value is -1.77. The topological polar surface area (TPSA) is 34.1 Å². The van der Waals surface area contributed by atoms with E-state index in [4.69, 9.17) is 4.74 Å². The fourth-order valence-corrected chi connectivity index (χ4v) is 2.44. The Morgan fingerprint density at radius 2 is 2.17 bits per heavy atom. The number of methoxy groups -OCH3 is 1. The highest BCUT2D eigenvalue weighted by Gasteiger charge is 2.17. The molecular weight excluding hydrogens is 224 g/mol. The highest BCUT2D eigenvalue weighted by Crippen LogP contribution is 2.30. The standard InChI is InChI=1S/C15H18N2O/c1-18-14-7-3-6-13-12(14)8-9-16-15(13)17-10-11-4-2-5-11/h3,6-9,11H,2,4-5,10H2,1H3,(H,16,17). The minimum Gasteiger partial charge on any atom is -0.496 e. The van der Waals surface area contributed by atoms with Gasteiger partial charge in [-0.15, -0.1) is 0 Å². The van der Waals surface area contributed by atoms with Crippen molar-refractivity contribution >= 4 is 16.6 Å². The SMILES string of the molecule is COc1cccc2c(NCC3CCC3)nccc12. The molecule has 1 saturated carbocycles. The van der Waals surface area contributed by atoms with Crippen molar-refractivity contribution in [3.8, 4) is 5.75 Å². The summed E-state index contributed by atoms with van der Waals surface area (Å²) in [7, 11) is 1.71. The number of nitrogens with one attached hydrogen (secondary N) is 1. The van der Waals surface area contributed by atoms with Crippen LogP contribution in [0.25, 0.3) is 10.8 Å². The first-order chi connectivity index (χ1) is 8.88. The highest BCUT2D eigenvalue weighted by atomic mass is 16.5. The van der Waals surface area contributed by atoms with Crippen LogP contribution in [0.3, 0.4) is 0 Å². The van der Waals surface area contributed by atoms with Crippen LogP contribution in [0.15, 0.2) is 30.5 Å². The summed E-state index contributed by atoms with van der Waals surface area (Å²) in [4.78, 5) is 4.45. The van der Waals surface area contributed by atoms with Gasteiger partial charge in [0.15, 0.2) is 0 Å². The smallest absolute Gasteiger partial charge is 0.133 e. The van der Waals surface area contributed by atoms with Crippen LogP contribution in [-0.4, -0.2) is 18.6 Å². The second-order valence-corrected chi connectivity index (χ2v) is 4.89. The van der Waals surface area contributed by atoms with Gasteiger partial charge in [0, 0.05) is 23.5 Å². The number of rotatable bonds is 4. The van der Waals surface area contributed by atoms with E-state index < -0.39 is 0 Å². The lowest BCUT2D eigenvalue weighted by Crippen LogP contribution is -2.21. The van der Waals surface area contributed by atoms with Gasteiger partial charge in [-0.1, -0.05) is 18.6 Å². The molecule has 0 spiro atoms. The van der Waals surface area contributed by atoms with E-state index in [1.807, 2.05) is 24.4 Å². The largest absolute Gasteiger partial charge is 0.496 e. The van der Waals surface area contributed by atoms with Gasteiger partial charge in [0.05, 0.1) is 7.11 Å². The van der Waals surface area contributed by atoms with Crippen molar-refractivity contribution in [3.63, 3.8) is 0 Å². The average molecular weight is 242 g/mol. The Morgan fingerprint density at radius 3 is 2.89 bits per heavy atom. The molecule has 0 unspecified atom stereocenters. The number of hydrogen-bond donors (Lipinski definition) is 1. The van der Waals surface area contributed by atoms with Crippen LogP contribution in [0.1, 0.15) is 19.3 Å². The predicted molar refractivity (Wildman–Crippen MR) is 74.1 cm³/mol. The van der Waals surface area contributed by atoms with Crippen LogP contribution in [-0.2, 0) is 0 Å². The fraction of sp³-hybridized carbons (Fsp3) is 0.400. The van der Waals surface area contributed by atoms with Crippen LogP contribution in [0.5, 0.6) is 5.75 Å². The molecule has 1 N–H and O–H groups in total. The minimum absolute atomic E-state index is 0.827. The Labute approximate surface area is 107 Å². The predicted octanol–water partition coefficient (Wildman–Crippen LogP) is 3.46. The Bertz CT molecular complexity index is 549. The van der Waals surface area contributed by atoms with Crippen molar-refractivity contribution in [2.45, 2.75) is 19.3 Å². The third-order valence-corrected chi connectivity index (χ3v) is 3.77. The first-order valence-corrected chi connectivity index (χ1v) is 6.54. The van der Waals surface area contributed by atoms with E-state index in [1.165, 1.54) is 19.3 Å². The second kappa shape index (κ2) is 4.84. The molecule has 3 heteroatoms. The summed E-state index contributed by atoms with van der Waals surface area (Å²) in [6.07, 6.45) is 5.92. The Morgan fingerprint density at radius 1 is 1.28 bits per heavy atom. The fourth-order valence-electron chi connectivity index (χ4n) is 2.44. The first kappa shape index (κ1) is 11.3. The van der Waals surface area contributed by atoms with Crippen molar-refractivity contribution in [2.24, 2.45) is 5.92 Å². The Balaban J connectivity index is 1.90. The van der Waals surface area contributed by atoms with Gasteiger partial charge in [0.25, 0.3) is 0 Å². The van der Waals surface area contributed by atoms with E-state index in [2.05, 4.69) is 16.4 Å². The zero-order chi connectivity index (χ0) is 12.4. The van der Waals surface area contributed by atoms with Crippen molar-refractivity contribution in [2.75, 3.05) is 19.0 Å².